The second kappa shape index (κ2) is 9.58. The highest BCUT2D eigenvalue weighted by Crippen LogP contribution is 2.18. The summed E-state index contributed by atoms with van der Waals surface area (Å²) in [6.45, 7) is 6.44. The van der Waals surface area contributed by atoms with Gasteiger partial charge in [0.1, 0.15) is 6.54 Å². The Morgan fingerprint density at radius 2 is 1.82 bits per heavy atom. The number of nitrogens with zero attached hydrogens (tertiary/aromatic N) is 4. The zero-order valence-electron chi connectivity index (χ0n) is 18.9. The summed E-state index contributed by atoms with van der Waals surface area (Å²) in [7, 11) is 0. The predicted molar refractivity (Wildman–Crippen MR) is 130 cm³/mol. The molecule has 0 saturated heterocycles. The maximum atomic E-state index is 13.4. The number of imidazole rings is 1. The first-order chi connectivity index (χ1) is 15.8. The third-order valence-electron chi connectivity index (χ3n) is 5.38. The third kappa shape index (κ3) is 4.83. The summed E-state index contributed by atoms with van der Waals surface area (Å²) < 4.78 is 4.26. The number of aromatic nitrogens is 4. The molecule has 3 heterocycles. The lowest BCUT2D eigenvalue weighted by molar-refractivity contribution is -0.122. The highest BCUT2D eigenvalue weighted by Gasteiger charge is 2.21. The molecule has 1 N–H and O–H groups in total. The van der Waals surface area contributed by atoms with E-state index in [4.69, 9.17) is 0 Å². The Labute approximate surface area is 195 Å². The van der Waals surface area contributed by atoms with Gasteiger partial charge in [-0.05, 0) is 29.9 Å². The van der Waals surface area contributed by atoms with Crippen LogP contribution in [0, 0.1) is 5.92 Å². The Morgan fingerprint density at radius 3 is 2.48 bits per heavy atom. The molecule has 0 saturated carbocycles. The molecule has 0 aliphatic heterocycles. The van der Waals surface area contributed by atoms with Crippen LogP contribution in [0.3, 0.4) is 0 Å². The van der Waals surface area contributed by atoms with Crippen molar-refractivity contribution in [2.45, 2.75) is 46.4 Å². The van der Waals surface area contributed by atoms with Gasteiger partial charge in [-0.15, -0.1) is 11.3 Å². The zero-order chi connectivity index (χ0) is 23.5. The molecule has 4 rings (SSSR count). The molecule has 0 aliphatic rings. The number of nitrogens with one attached hydrogen (secondary N) is 1. The minimum atomic E-state index is -0.551. The van der Waals surface area contributed by atoms with E-state index in [0.717, 1.165) is 15.0 Å². The molecule has 4 aromatic rings. The third-order valence-corrected chi connectivity index (χ3v) is 6.43. The van der Waals surface area contributed by atoms with E-state index in [2.05, 4.69) is 10.3 Å². The van der Waals surface area contributed by atoms with E-state index in [0.29, 0.717) is 17.7 Å². The van der Waals surface area contributed by atoms with Crippen LogP contribution in [0.1, 0.15) is 37.3 Å². The fourth-order valence-electron chi connectivity index (χ4n) is 3.86. The van der Waals surface area contributed by atoms with Gasteiger partial charge in [0.05, 0.1) is 18.9 Å². The van der Waals surface area contributed by atoms with E-state index >= 15 is 0 Å². The number of rotatable bonds is 8. The molecule has 9 heteroatoms. The van der Waals surface area contributed by atoms with Crippen molar-refractivity contribution >= 4 is 28.4 Å². The molecular weight excluding hydrogens is 438 g/mol. The molecule has 0 spiro atoms. The van der Waals surface area contributed by atoms with Crippen LogP contribution >= 0.6 is 11.3 Å². The van der Waals surface area contributed by atoms with E-state index in [-0.39, 0.29) is 25.0 Å². The van der Waals surface area contributed by atoms with Crippen LogP contribution in [0.2, 0.25) is 0 Å². The van der Waals surface area contributed by atoms with Crippen molar-refractivity contribution in [2.75, 3.05) is 0 Å². The van der Waals surface area contributed by atoms with Crippen LogP contribution in [0.5, 0.6) is 0 Å². The molecule has 0 fully saturated rings. The van der Waals surface area contributed by atoms with Crippen molar-refractivity contribution in [3.05, 3.63) is 85.5 Å². The average Bonchev–Trinajstić information content (AvgIpc) is 3.45. The molecule has 8 nitrogen and oxygen atoms in total. The quantitative estimate of drug-likeness (QED) is 0.433. The van der Waals surface area contributed by atoms with Crippen molar-refractivity contribution in [1.29, 1.82) is 0 Å². The lowest BCUT2D eigenvalue weighted by Crippen LogP contribution is -2.44. The van der Waals surface area contributed by atoms with Gasteiger partial charge in [-0.3, -0.25) is 14.2 Å². The second-order valence-corrected chi connectivity index (χ2v) is 9.49. The van der Waals surface area contributed by atoms with Crippen molar-refractivity contribution in [2.24, 2.45) is 5.92 Å². The molecular formula is C24H27N5O3S. The first kappa shape index (κ1) is 22.7. The number of amides is 1. The Morgan fingerprint density at radius 1 is 1.06 bits per heavy atom. The molecule has 1 atom stereocenters. The second-order valence-electron chi connectivity index (χ2n) is 8.51. The fourth-order valence-corrected chi connectivity index (χ4v) is 4.59. The van der Waals surface area contributed by atoms with E-state index < -0.39 is 17.2 Å². The number of hydrogen-bond acceptors (Lipinski definition) is 5. The van der Waals surface area contributed by atoms with Gasteiger partial charge in [0.15, 0.2) is 11.2 Å². The van der Waals surface area contributed by atoms with Crippen LogP contribution in [0.4, 0.5) is 0 Å². The molecule has 0 aliphatic carbocycles. The molecule has 3 aromatic heterocycles. The van der Waals surface area contributed by atoms with E-state index in [1.165, 1.54) is 15.9 Å². The predicted octanol–water partition coefficient (Wildman–Crippen LogP) is 3.00. The normalized spacial score (nSPS) is 12.4. The molecule has 1 aromatic carbocycles. The average molecular weight is 466 g/mol. The van der Waals surface area contributed by atoms with Gasteiger partial charge in [-0.25, -0.2) is 14.3 Å². The standard InChI is InChI=1S/C24H27N5O3S/c1-16(2)12-27-15-25-22-21(27)23(31)29(14-20(30)26-17(3)19-10-7-11-33-19)24(32)28(22)13-18-8-5-4-6-9-18/h4-11,15-17H,12-14H2,1-3H3,(H,26,30). The van der Waals surface area contributed by atoms with Gasteiger partial charge >= 0.3 is 5.69 Å². The van der Waals surface area contributed by atoms with Crippen molar-refractivity contribution < 1.29 is 4.79 Å². The zero-order valence-corrected chi connectivity index (χ0v) is 19.7. The summed E-state index contributed by atoms with van der Waals surface area (Å²) in [6, 6.07) is 13.1. The van der Waals surface area contributed by atoms with Crippen LogP contribution in [-0.4, -0.2) is 24.6 Å². The van der Waals surface area contributed by atoms with E-state index in [1.807, 2.05) is 68.6 Å². The highest BCUT2D eigenvalue weighted by atomic mass is 32.1. The van der Waals surface area contributed by atoms with Gasteiger partial charge in [0.25, 0.3) is 5.56 Å². The van der Waals surface area contributed by atoms with Crippen molar-refractivity contribution in [1.82, 2.24) is 24.0 Å². The van der Waals surface area contributed by atoms with Gasteiger partial charge in [-0.2, -0.15) is 0 Å². The SMILES string of the molecule is CC(C)Cn1cnc2c1c(=O)n(CC(=O)NC(C)c1cccs1)c(=O)n2Cc1ccccc1. The van der Waals surface area contributed by atoms with Gasteiger partial charge in [0.2, 0.25) is 5.91 Å². The molecule has 0 bridgehead atoms. The van der Waals surface area contributed by atoms with Crippen molar-refractivity contribution in [3.63, 3.8) is 0 Å². The summed E-state index contributed by atoms with van der Waals surface area (Å²) in [5, 5.41) is 4.82. The summed E-state index contributed by atoms with van der Waals surface area (Å²) in [5.41, 5.74) is 0.512. The summed E-state index contributed by atoms with van der Waals surface area (Å²) in [6.07, 6.45) is 1.59. The van der Waals surface area contributed by atoms with Crippen molar-refractivity contribution in [3.8, 4) is 0 Å². The molecule has 1 unspecified atom stereocenters. The maximum absolute atomic E-state index is 13.4. The summed E-state index contributed by atoms with van der Waals surface area (Å²) in [5.74, 6) is -0.115. The topological polar surface area (TPSA) is 90.9 Å². The smallest absolute Gasteiger partial charge is 0.333 e. The Hall–Kier alpha value is -3.46. The summed E-state index contributed by atoms with van der Waals surface area (Å²) >= 11 is 1.54. The number of carbonyl (C=O) groups is 1. The number of thiophene rings is 1. The van der Waals surface area contributed by atoms with Crippen LogP contribution in [0.25, 0.3) is 11.2 Å². The monoisotopic (exact) mass is 465 g/mol. The van der Waals surface area contributed by atoms with Gasteiger partial charge in [0, 0.05) is 11.4 Å². The van der Waals surface area contributed by atoms with Crippen LogP contribution in [0.15, 0.2) is 63.8 Å². The Balaban J connectivity index is 1.76. The number of carbonyl (C=O) groups excluding carboxylic acids is 1. The first-order valence-corrected chi connectivity index (χ1v) is 11.8. The van der Waals surface area contributed by atoms with Gasteiger partial charge in [-0.1, -0.05) is 50.2 Å². The Bertz CT molecular complexity index is 1370. The minimum absolute atomic E-state index is 0.213. The lowest BCUT2D eigenvalue weighted by Gasteiger charge is -2.15. The summed E-state index contributed by atoms with van der Waals surface area (Å²) in [4.78, 5) is 45.0. The first-order valence-electron chi connectivity index (χ1n) is 10.9. The molecule has 1 amide bonds. The minimum Gasteiger partial charge on any atom is -0.347 e. The van der Waals surface area contributed by atoms with Gasteiger partial charge < -0.3 is 9.88 Å². The molecule has 0 radical (unpaired) electrons. The van der Waals surface area contributed by atoms with E-state index in [1.54, 1.807) is 10.9 Å². The van der Waals surface area contributed by atoms with E-state index in [9.17, 15) is 14.4 Å². The highest BCUT2D eigenvalue weighted by molar-refractivity contribution is 7.10. The lowest BCUT2D eigenvalue weighted by atomic mass is 10.2. The molecule has 33 heavy (non-hydrogen) atoms. The number of hydrogen-bond donors (Lipinski definition) is 1. The molecule has 172 valence electrons. The van der Waals surface area contributed by atoms with Crippen LogP contribution in [-0.2, 0) is 24.4 Å². The number of benzene rings is 1. The fraction of sp³-hybridized carbons (Fsp3) is 0.333. The number of fused-ring (bicyclic) bond motifs is 1. The maximum Gasteiger partial charge on any atom is 0.333 e. The largest absolute Gasteiger partial charge is 0.347 e. The van der Waals surface area contributed by atoms with Crippen LogP contribution < -0.4 is 16.6 Å². The Kier molecular flexibility index (Phi) is 6.60.